The molecule has 8 heteroatoms. The van der Waals surface area contributed by atoms with Crippen LogP contribution < -0.4 is 0 Å². The minimum atomic E-state index is -1.49. The molecule has 1 heterocycles. The van der Waals surface area contributed by atoms with E-state index < -0.39 is 46.7 Å². The predicted octanol–water partition coefficient (Wildman–Crippen LogP) is 2.52. The quantitative estimate of drug-likeness (QED) is 0.333. The molecule has 1 rings (SSSR count). The topological polar surface area (TPSA) is 99.2 Å². The van der Waals surface area contributed by atoms with Crippen LogP contribution in [0.2, 0.25) is 0 Å². The average molecular weight is 428 g/mol. The Morgan fingerprint density at radius 3 is 1.77 bits per heavy atom. The second-order valence-corrected chi connectivity index (χ2v) is 9.56. The summed E-state index contributed by atoms with van der Waals surface area (Å²) in [5.74, 6) is -5.77. The van der Waals surface area contributed by atoms with E-state index in [1.807, 2.05) is 6.92 Å². The molecule has 0 N–H and O–H groups in total. The normalized spacial score (nSPS) is 16.2. The third-order valence-corrected chi connectivity index (χ3v) is 4.44. The highest BCUT2D eigenvalue weighted by Gasteiger charge is 2.46. The molecule has 1 aliphatic rings. The first-order chi connectivity index (χ1) is 13.8. The van der Waals surface area contributed by atoms with Crippen LogP contribution in [0.5, 0.6) is 0 Å². The zero-order valence-electron chi connectivity index (χ0n) is 19.4. The Morgan fingerprint density at radius 2 is 1.37 bits per heavy atom. The summed E-state index contributed by atoms with van der Waals surface area (Å²) in [4.78, 5) is 53.4. The van der Waals surface area contributed by atoms with Crippen molar-refractivity contribution in [2.75, 3.05) is 26.3 Å². The fourth-order valence-electron chi connectivity index (χ4n) is 3.11. The highest BCUT2D eigenvalue weighted by Crippen LogP contribution is 2.28. The number of carbonyl (C=O) groups excluding carboxylic acids is 4. The van der Waals surface area contributed by atoms with Crippen LogP contribution in [-0.2, 0) is 33.4 Å². The van der Waals surface area contributed by atoms with Crippen LogP contribution in [0.25, 0.3) is 0 Å². The largest absolute Gasteiger partial charge is 0.459 e. The van der Waals surface area contributed by atoms with Crippen molar-refractivity contribution < 1.29 is 33.4 Å². The summed E-state index contributed by atoms with van der Waals surface area (Å²) in [6, 6.07) is 0. The number of rotatable bonds is 8. The summed E-state index contributed by atoms with van der Waals surface area (Å²) >= 11 is 0. The SMILES string of the molecule is CCCC[C@@H](C(=O)C(=O)N1CCOCC1)C(C(=O)OC(C)(C)C)C(=O)OC(C)(C)C. The first-order valence-electron chi connectivity index (χ1n) is 10.6. The maximum atomic E-state index is 13.2. The van der Waals surface area contributed by atoms with Gasteiger partial charge in [-0.25, -0.2) is 0 Å². The molecule has 1 aliphatic heterocycles. The van der Waals surface area contributed by atoms with E-state index in [4.69, 9.17) is 14.2 Å². The molecule has 0 bridgehead atoms. The maximum Gasteiger partial charge on any atom is 0.321 e. The van der Waals surface area contributed by atoms with Crippen LogP contribution in [0.3, 0.4) is 0 Å². The van der Waals surface area contributed by atoms with Crippen LogP contribution >= 0.6 is 0 Å². The van der Waals surface area contributed by atoms with Gasteiger partial charge >= 0.3 is 11.9 Å². The second-order valence-electron chi connectivity index (χ2n) is 9.56. The predicted molar refractivity (Wildman–Crippen MR) is 111 cm³/mol. The van der Waals surface area contributed by atoms with Gasteiger partial charge in [0.1, 0.15) is 11.2 Å². The van der Waals surface area contributed by atoms with E-state index in [0.29, 0.717) is 32.7 Å². The fourth-order valence-corrected chi connectivity index (χ4v) is 3.11. The number of ether oxygens (including phenoxy) is 3. The molecule has 0 unspecified atom stereocenters. The molecule has 1 saturated heterocycles. The lowest BCUT2D eigenvalue weighted by Crippen LogP contribution is -2.49. The lowest BCUT2D eigenvalue weighted by molar-refractivity contribution is -0.179. The van der Waals surface area contributed by atoms with Crippen LogP contribution in [0.4, 0.5) is 0 Å². The van der Waals surface area contributed by atoms with Gasteiger partial charge in [-0.1, -0.05) is 19.8 Å². The monoisotopic (exact) mass is 427 g/mol. The van der Waals surface area contributed by atoms with E-state index in [9.17, 15) is 19.2 Å². The number of hydrogen-bond donors (Lipinski definition) is 0. The highest BCUT2D eigenvalue weighted by molar-refractivity contribution is 6.37. The molecule has 172 valence electrons. The number of nitrogens with zero attached hydrogens (tertiary/aromatic N) is 1. The average Bonchev–Trinajstić information content (AvgIpc) is 2.61. The molecule has 30 heavy (non-hydrogen) atoms. The molecule has 0 aromatic carbocycles. The molecular formula is C22H37NO7. The maximum absolute atomic E-state index is 13.2. The van der Waals surface area contributed by atoms with Crippen LogP contribution in [0.15, 0.2) is 0 Å². The number of carbonyl (C=O) groups is 4. The zero-order valence-corrected chi connectivity index (χ0v) is 19.4. The van der Waals surface area contributed by atoms with Crippen molar-refractivity contribution in [3.8, 4) is 0 Å². The van der Waals surface area contributed by atoms with Crippen molar-refractivity contribution >= 4 is 23.6 Å². The van der Waals surface area contributed by atoms with Gasteiger partial charge in [0, 0.05) is 13.1 Å². The third-order valence-electron chi connectivity index (χ3n) is 4.44. The molecule has 0 aliphatic carbocycles. The zero-order chi connectivity index (χ0) is 23.1. The second kappa shape index (κ2) is 10.9. The molecule has 1 amide bonds. The van der Waals surface area contributed by atoms with Crippen molar-refractivity contribution in [1.29, 1.82) is 0 Å². The minimum absolute atomic E-state index is 0.217. The van der Waals surface area contributed by atoms with Crippen LogP contribution in [-0.4, -0.2) is 66.0 Å². The van der Waals surface area contributed by atoms with Crippen LogP contribution in [0.1, 0.15) is 67.7 Å². The van der Waals surface area contributed by atoms with Gasteiger partial charge in [-0.3, -0.25) is 19.2 Å². The summed E-state index contributed by atoms with van der Waals surface area (Å²) in [5.41, 5.74) is -1.71. The Hall–Kier alpha value is -1.96. The summed E-state index contributed by atoms with van der Waals surface area (Å²) in [6.07, 6.45) is 1.54. The molecule has 1 fully saturated rings. The Kier molecular flexibility index (Phi) is 9.46. The lowest BCUT2D eigenvalue weighted by atomic mass is 9.83. The van der Waals surface area contributed by atoms with Crippen molar-refractivity contribution in [3.63, 3.8) is 0 Å². The summed E-state index contributed by atoms with van der Waals surface area (Å²) in [7, 11) is 0. The number of unbranched alkanes of at least 4 members (excludes halogenated alkanes) is 1. The number of amides is 1. The van der Waals surface area contributed by atoms with Crippen molar-refractivity contribution in [2.45, 2.75) is 78.9 Å². The molecule has 0 saturated carbocycles. The summed E-state index contributed by atoms with van der Waals surface area (Å²) < 4.78 is 16.1. The Labute approximate surface area is 179 Å². The van der Waals surface area contributed by atoms with Gasteiger partial charge in [0.25, 0.3) is 5.91 Å². The van der Waals surface area contributed by atoms with Gasteiger partial charge in [0.15, 0.2) is 5.92 Å². The minimum Gasteiger partial charge on any atom is -0.459 e. The lowest BCUT2D eigenvalue weighted by Gasteiger charge is -2.31. The Balaban J connectivity index is 3.25. The van der Waals surface area contributed by atoms with E-state index >= 15 is 0 Å². The van der Waals surface area contributed by atoms with E-state index in [1.165, 1.54) is 4.90 Å². The van der Waals surface area contributed by atoms with Crippen molar-refractivity contribution in [2.24, 2.45) is 11.8 Å². The standard InChI is InChI=1S/C22H37NO7/c1-8-9-10-15(17(24)18(25)23-11-13-28-14-12-23)16(19(26)29-21(2,3)4)20(27)30-22(5,6)7/h15-16H,8-14H2,1-7H3/t15-/m1/s1. The van der Waals surface area contributed by atoms with Gasteiger partial charge < -0.3 is 19.1 Å². The third kappa shape index (κ3) is 8.42. The highest BCUT2D eigenvalue weighted by atomic mass is 16.6. The van der Waals surface area contributed by atoms with Gasteiger partial charge in [0.2, 0.25) is 5.78 Å². The first-order valence-corrected chi connectivity index (χ1v) is 10.6. The van der Waals surface area contributed by atoms with E-state index in [-0.39, 0.29) is 6.42 Å². The fraction of sp³-hybridized carbons (Fsp3) is 0.818. The smallest absolute Gasteiger partial charge is 0.321 e. The van der Waals surface area contributed by atoms with Gasteiger partial charge in [-0.2, -0.15) is 0 Å². The number of ketones is 1. The number of Topliss-reactive ketones (excluding diaryl/α,β-unsaturated/α-hetero) is 1. The Morgan fingerprint density at radius 1 is 0.900 bits per heavy atom. The molecule has 1 atom stereocenters. The van der Waals surface area contributed by atoms with Crippen molar-refractivity contribution in [1.82, 2.24) is 4.90 Å². The molecule has 0 aromatic rings. The number of hydrogen-bond acceptors (Lipinski definition) is 7. The van der Waals surface area contributed by atoms with Gasteiger partial charge in [-0.15, -0.1) is 0 Å². The van der Waals surface area contributed by atoms with Crippen LogP contribution in [0, 0.1) is 11.8 Å². The molecule has 0 aromatic heterocycles. The number of morpholine rings is 1. The summed E-state index contributed by atoms with van der Waals surface area (Å²) in [5, 5.41) is 0. The molecule has 0 radical (unpaired) electrons. The van der Waals surface area contributed by atoms with Gasteiger partial charge in [-0.05, 0) is 48.0 Å². The summed E-state index contributed by atoms with van der Waals surface area (Å²) in [6.45, 7) is 13.3. The van der Waals surface area contributed by atoms with E-state index in [0.717, 1.165) is 6.42 Å². The molecule has 8 nitrogen and oxygen atoms in total. The Bertz CT molecular complexity index is 596. The van der Waals surface area contributed by atoms with Crippen molar-refractivity contribution in [3.05, 3.63) is 0 Å². The number of esters is 2. The first kappa shape index (κ1) is 26.1. The van der Waals surface area contributed by atoms with Gasteiger partial charge in [0.05, 0.1) is 19.1 Å². The molecule has 0 spiro atoms. The van der Waals surface area contributed by atoms with E-state index in [2.05, 4.69) is 0 Å². The van der Waals surface area contributed by atoms with E-state index in [1.54, 1.807) is 41.5 Å². The molecular weight excluding hydrogens is 390 g/mol.